The van der Waals surface area contributed by atoms with Gasteiger partial charge >= 0.3 is 6.03 Å². The first-order chi connectivity index (χ1) is 13.1. The van der Waals surface area contributed by atoms with Gasteiger partial charge in [0.1, 0.15) is 5.75 Å². The topological polar surface area (TPSA) is 66.3 Å². The highest BCUT2D eigenvalue weighted by atomic mass is 16.5. The number of nitrogens with zero attached hydrogens (tertiary/aromatic N) is 2. The average Bonchev–Trinajstić information content (AvgIpc) is 3.31. The lowest BCUT2D eigenvalue weighted by Gasteiger charge is -2.31. The van der Waals surface area contributed by atoms with Crippen LogP contribution in [0.2, 0.25) is 0 Å². The van der Waals surface area contributed by atoms with Crippen molar-refractivity contribution in [2.45, 2.75) is 18.9 Å². The zero-order chi connectivity index (χ0) is 19.0. The molecule has 7 nitrogen and oxygen atoms in total. The molecule has 144 valence electrons. The lowest BCUT2D eigenvalue weighted by molar-refractivity contribution is -0.886. The van der Waals surface area contributed by atoms with Gasteiger partial charge in [0.05, 0.1) is 57.1 Å². The van der Waals surface area contributed by atoms with Crippen LogP contribution in [-0.2, 0) is 4.79 Å². The van der Waals surface area contributed by atoms with E-state index in [9.17, 15) is 9.59 Å². The number of carbonyl (C=O) groups excluding carboxylic acids is 2. The molecule has 1 saturated heterocycles. The summed E-state index contributed by atoms with van der Waals surface area (Å²) in [4.78, 5) is 30.7. The normalized spacial score (nSPS) is 23.1. The molecule has 1 aromatic rings. The molecule has 27 heavy (non-hydrogen) atoms. The van der Waals surface area contributed by atoms with Crippen molar-refractivity contribution in [1.82, 2.24) is 15.1 Å². The summed E-state index contributed by atoms with van der Waals surface area (Å²) in [5.41, 5.74) is 2.28. The molecule has 0 aromatic heterocycles. The summed E-state index contributed by atoms with van der Waals surface area (Å²) in [6.45, 7) is 4.58. The van der Waals surface area contributed by atoms with Crippen LogP contribution >= 0.6 is 0 Å². The Morgan fingerprint density at radius 3 is 2.70 bits per heavy atom. The van der Waals surface area contributed by atoms with E-state index < -0.39 is 6.04 Å². The van der Waals surface area contributed by atoms with Crippen LogP contribution in [0.1, 0.15) is 24.4 Å². The molecular formula is C20H27N4O3+. The second kappa shape index (κ2) is 7.23. The Labute approximate surface area is 159 Å². The van der Waals surface area contributed by atoms with E-state index in [1.54, 1.807) is 24.0 Å². The summed E-state index contributed by atoms with van der Waals surface area (Å²) in [5.74, 6) is 0.693. The van der Waals surface area contributed by atoms with Crippen LogP contribution in [0.3, 0.4) is 0 Å². The van der Waals surface area contributed by atoms with Gasteiger partial charge < -0.3 is 19.9 Å². The maximum Gasteiger partial charge on any atom is 0.322 e. The number of ether oxygens (including phenoxy) is 1. The summed E-state index contributed by atoms with van der Waals surface area (Å²) < 4.78 is 5.47. The minimum Gasteiger partial charge on any atom is -0.496 e. The lowest BCUT2D eigenvalue weighted by atomic mass is 9.95. The van der Waals surface area contributed by atoms with E-state index in [4.69, 9.17) is 4.74 Å². The van der Waals surface area contributed by atoms with Gasteiger partial charge in [-0.05, 0) is 6.07 Å². The lowest BCUT2D eigenvalue weighted by Crippen LogP contribution is -3.10. The largest absolute Gasteiger partial charge is 0.496 e. The van der Waals surface area contributed by atoms with E-state index in [0.717, 1.165) is 24.4 Å². The molecule has 0 aliphatic carbocycles. The highest BCUT2D eigenvalue weighted by Crippen LogP contribution is 2.38. The number of likely N-dealkylation sites (N-methyl/N-ethyl adjacent to an activating group) is 1. The molecule has 1 fully saturated rings. The van der Waals surface area contributed by atoms with Crippen LogP contribution in [0.25, 0.3) is 0 Å². The van der Waals surface area contributed by atoms with Crippen molar-refractivity contribution in [3.8, 4) is 5.75 Å². The van der Waals surface area contributed by atoms with Gasteiger partial charge in [0.2, 0.25) is 0 Å². The molecule has 7 heteroatoms. The third-order valence-electron chi connectivity index (χ3n) is 5.93. The quantitative estimate of drug-likeness (QED) is 0.775. The third-order valence-corrected chi connectivity index (χ3v) is 5.93. The standard InChI is InChI=1S/C20H26N4O3/c1-22-15-13-24(12-11-23-9-5-6-10-23)19(25)17(15)18(21-20(22)26)14-7-3-4-8-16(14)27-2/h3-4,7-8,18H,5-6,9-13H2,1-2H3,(H,21,26)/p+1/t18-/m1/s1. The molecule has 0 unspecified atom stereocenters. The Bertz CT molecular complexity index is 785. The molecule has 1 atom stereocenters. The van der Waals surface area contributed by atoms with Gasteiger partial charge in [-0.2, -0.15) is 0 Å². The fraction of sp³-hybridized carbons (Fsp3) is 0.500. The Kier molecular flexibility index (Phi) is 4.78. The number of rotatable bonds is 5. The predicted molar refractivity (Wildman–Crippen MR) is 100 cm³/mol. The number of hydrogen-bond donors (Lipinski definition) is 2. The van der Waals surface area contributed by atoms with Gasteiger partial charge in [0.25, 0.3) is 5.91 Å². The van der Waals surface area contributed by atoms with Crippen molar-refractivity contribution in [3.63, 3.8) is 0 Å². The first kappa shape index (κ1) is 17.9. The van der Waals surface area contributed by atoms with Gasteiger partial charge in [-0.25, -0.2) is 4.79 Å². The van der Waals surface area contributed by atoms with Crippen molar-refractivity contribution < 1.29 is 19.2 Å². The van der Waals surface area contributed by atoms with Crippen LogP contribution in [0.5, 0.6) is 5.75 Å². The van der Waals surface area contributed by atoms with Gasteiger partial charge in [-0.1, -0.05) is 18.2 Å². The molecule has 0 saturated carbocycles. The van der Waals surface area contributed by atoms with E-state index >= 15 is 0 Å². The monoisotopic (exact) mass is 371 g/mol. The smallest absolute Gasteiger partial charge is 0.322 e. The molecule has 2 N–H and O–H groups in total. The van der Waals surface area contributed by atoms with Gasteiger partial charge in [0.15, 0.2) is 0 Å². The van der Waals surface area contributed by atoms with Gasteiger partial charge in [-0.15, -0.1) is 0 Å². The summed E-state index contributed by atoms with van der Waals surface area (Å²) in [5, 5.41) is 2.97. The molecule has 0 spiro atoms. The number of carbonyl (C=O) groups is 2. The second-order valence-corrected chi connectivity index (χ2v) is 7.48. The maximum atomic E-state index is 13.2. The van der Waals surface area contributed by atoms with E-state index in [1.807, 2.05) is 29.2 Å². The zero-order valence-corrected chi connectivity index (χ0v) is 16.0. The molecule has 0 radical (unpaired) electrons. The minimum absolute atomic E-state index is 0.0198. The molecule has 3 amide bonds. The van der Waals surface area contributed by atoms with Crippen molar-refractivity contribution in [2.24, 2.45) is 0 Å². The average molecular weight is 371 g/mol. The van der Waals surface area contributed by atoms with E-state index in [-0.39, 0.29) is 11.9 Å². The summed E-state index contributed by atoms with van der Waals surface area (Å²) in [6, 6.07) is 6.88. The Hall–Kier alpha value is -2.54. The second-order valence-electron chi connectivity index (χ2n) is 7.48. The number of likely N-dealkylation sites (tertiary alicyclic amines) is 1. The highest BCUT2D eigenvalue weighted by molar-refractivity contribution is 6.01. The highest BCUT2D eigenvalue weighted by Gasteiger charge is 2.43. The Morgan fingerprint density at radius 2 is 1.96 bits per heavy atom. The summed E-state index contributed by atoms with van der Waals surface area (Å²) in [7, 11) is 3.33. The first-order valence-corrected chi connectivity index (χ1v) is 9.63. The third kappa shape index (κ3) is 3.16. The number of methoxy groups -OCH3 is 1. The van der Waals surface area contributed by atoms with Crippen LogP contribution in [0.4, 0.5) is 4.79 Å². The number of amides is 3. The van der Waals surface area contributed by atoms with Crippen molar-refractivity contribution in [2.75, 3.05) is 46.9 Å². The minimum atomic E-state index is -0.475. The van der Waals surface area contributed by atoms with E-state index in [0.29, 0.717) is 17.9 Å². The van der Waals surface area contributed by atoms with Crippen molar-refractivity contribution >= 4 is 11.9 Å². The first-order valence-electron chi connectivity index (χ1n) is 9.63. The van der Waals surface area contributed by atoms with Crippen LogP contribution < -0.4 is 15.0 Å². The molecule has 0 bridgehead atoms. The molecular weight excluding hydrogens is 344 g/mol. The molecule has 3 aliphatic heterocycles. The molecule has 4 rings (SSSR count). The molecule has 3 heterocycles. The molecule has 3 aliphatic rings. The van der Waals surface area contributed by atoms with Crippen molar-refractivity contribution in [3.05, 3.63) is 41.1 Å². The number of nitrogens with one attached hydrogen (secondary N) is 2. The number of para-hydroxylation sites is 1. The van der Waals surface area contributed by atoms with Gasteiger partial charge in [-0.3, -0.25) is 9.69 Å². The Morgan fingerprint density at radius 1 is 1.22 bits per heavy atom. The fourth-order valence-corrected chi connectivity index (χ4v) is 4.36. The van der Waals surface area contributed by atoms with Crippen LogP contribution in [-0.4, -0.2) is 68.6 Å². The maximum absolute atomic E-state index is 13.2. The summed E-state index contributed by atoms with van der Waals surface area (Å²) in [6.07, 6.45) is 2.55. The predicted octanol–water partition coefficient (Wildman–Crippen LogP) is 0.166. The number of urea groups is 1. The van der Waals surface area contributed by atoms with Crippen LogP contribution in [0, 0.1) is 0 Å². The number of quaternary nitrogens is 1. The SMILES string of the molecule is COc1ccccc1[C@H]1NC(=O)N(C)C2=C1C(=O)N(CC[NH+]1CCCC1)C2. The number of hydrogen-bond acceptors (Lipinski definition) is 3. The van der Waals surface area contributed by atoms with E-state index in [2.05, 4.69) is 5.32 Å². The van der Waals surface area contributed by atoms with Gasteiger partial charge in [0, 0.05) is 25.5 Å². The van der Waals surface area contributed by atoms with Crippen molar-refractivity contribution in [1.29, 1.82) is 0 Å². The van der Waals surface area contributed by atoms with Crippen LogP contribution in [0.15, 0.2) is 35.5 Å². The summed E-state index contributed by atoms with van der Waals surface area (Å²) >= 11 is 0. The fourth-order valence-electron chi connectivity index (χ4n) is 4.36. The van der Waals surface area contributed by atoms with E-state index in [1.165, 1.54) is 25.9 Å². The molecule has 1 aromatic carbocycles. The Balaban J connectivity index is 1.60. The number of benzene rings is 1. The zero-order valence-electron chi connectivity index (χ0n) is 16.0.